The first-order chi connectivity index (χ1) is 9.69. The molecule has 2 N–H and O–H groups in total. The van der Waals surface area contributed by atoms with Crippen LogP contribution in [0.4, 0.5) is 0 Å². The van der Waals surface area contributed by atoms with E-state index in [-0.39, 0.29) is 12.5 Å². The van der Waals surface area contributed by atoms with Crippen LogP contribution in [0.25, 0.3) is 0 Å². The molecule has 1 heterocycles. The Hall–Kier alpha value is -1.78. The molecule has 1 aromatic heterocycles. The topological polar surface area (TPSA) is 62.5 Å². The van der Waals surface area contributed by atoms with Gasteiger partial charge in [-0.3, -0.25) is 4.79 Å². The fraction of sp³-hybridized carbons (Fsp3) is 0.267. The van der Waals surface area contributed by atoms with Crippen molar-refractivity contribution >= 4 is 17.5 Å². The van der Waals surface area contributed by atoms with E-state index in [2.05, 4.69) is 5.32 Å². The maximum absolute atomic E-state index is 11.9. The van der Waals surface area contributed by atoms with Gasteiger partial charge in [0.05, 0.1) is 12.9 Å². The molecule has 5 heteroatoms. The monoisotopic (exact) mass is 293 g/mol. The van der Waals surface area contributed by atoms with Crippen LogP contribution in [-0.2, 0) is 11.2 Å². The van der Waals surface area contributed by atoms with Gasteiger partial charge in [-0.15, -0.1) is 0 Å². The predicted molar refractivity (Wildman–Crippen MR) is 76.5 cm³/mol. The Bertz CT molecular complexity index is 537. The van der Waals surface area contributed by atoms with Crippen molar-refractivity contribution in [3.63, 3.8) is 0 Å². The van der Waals surface area contributed by atoms with Gasteiger partial charge in [-0.25, -0.2) is 0 Å². The summed E-state index contributed by atoms with van der Waals surface area (Å²) in [6.07, 6.45) is 2.48. The summed E-state index contributed by atoms with van der Waals surface area (Å²) in [6, 6.07) is 10.3. The van der Waals surface area contributed by atoms with Gasteiger partial charge in [-0.1, -0.05) is 23.7 Å². The van der Waals surface area contributed by atoms with E-state index in [1.807, 2.05) is 12.1 Å². The quantitative estimate of drug-likeness (QED) is 0.861. The van der Waals surface area contributed by atoms with Crippen molar-refractivity contribution in [2.75, 3.05) is 6.61 Å². The molecular weight excluding hydrogens is 278 g/mol. The average Bonchev–Trinajstić information content (AvgIpc) is 2.98. The van der Waals surface area contributed by atoms with Crippen LogP contribution in [0.1, 0.15) is 23.8 Å². The largest absolute Gasteiger partial charge is 0.467 e. The van der Waals surface area contributed by atoms with E-state index in [0.29, 0.717) is 23.6 Å². The van der Waals surface area contributed by atoms with Crippen molar-refractivity contribution < 1.29 is 14.3 Å². The Labute approximate surface area is 122 Å². The van der Waals surface area contributed by atoms with E-state index in [4.69, 9.17) is 16.0 Å². The molecule has 1 unspecified atom stereocenters. The molecule has 106 valence electrons. The first kappa shape index (κ1) is 14.6. The number of rotatable bonds is 6. The van der Waals surface area contributed by atoms with Crippen molar-refractivity contribution in [3.8, 4) is 0 Å². The lowest BCUT2D eigenvalue weighted by atomic mass is 10.1. The number of hydrogen-bond donors (Lipinski definition) is 2. The van der Waals surface area contributed by atoms with Crippen molar-refractivity contribution in [2.45, 2.75) is 18.9 Å². The molecule has 4 nitrogen and oxygen atoms in total. The third kappa shape index (κ3) is 4.11. The van der Waals surface area contributed by atoms with Gasteiger partial charge in [0, 0.05) is 11.4 Å². The van der Waals surface area contributed by atoms with Crippen LogP contribution in [0, 0.1) is 0 Å². The van der Waals surface area contributed by atoms with Crippen LogP contribution in [0.15, 0.2) is 47.1 Å². The zero-order valence-electron chi connectivity index (χ0n) is 10.9. The lowest BCUT2D eigenvalue weighted by Crippen LogP contribution is -2.30. The van der Waals surface area contributed by atoms with Gasteiger partial charge >= 0.3 is 0 Å². The first-order valence-electron chi connectivity index (χ1n) is 6.37. The van der Waals surface area contributed by atoms with E-state index < -0.39 is 6.04 Å². The summed E-state index contributed by atoms with van der Waals surface area (Å²) in [4.78, 5) is 11.9. The third-order valence-corrected chi connectivity index (χ3v) is 3.21. The molecule has 0 fully saturated rings. The van der Waals surface area contributed by atoms with Crippen LogP contribution < -0.4 is 5.32 Å². The molecule has 0 aliphatic carbocycles. The second-order valence-electron chi connectivity index (χ2n) is 4.44. The Kier molecular flexibility index (Phi) is 5.21. The molecule has 0 bridgehead atoms. The van der Waals surface area contributed by atoms with Crippen molar-refractivity contribution in [3.05, 3.63) is 59.0 Å². The average molecular weight is 294 g/mol. The maximum Gasteiger partial charge on any atom is 0.220 e. The summed E-state index contributed by atoms with van der Waals surface area (Å²) in [5.41, 5.74) is 1.04. The first-order valence-corrected chi connectivity index (χ1v) is 6.75. The highest BCUT2D eigenvalue weighted by molar-refractivity contribution is 6.30. The molecule has 2 rings (SSSR count). The minimum Gasteiger partial charge on any atom is -0.467 e. The van der Waals surface area contributed by atoms with Crippen LogP contribution in [0.2, 0.25) is 5.02 Å². The summed E-state index contributed by atoms with van der Waals surface area (Å²) in [5, 5.41) is 12.7. The highest BCUT2D eigenvalue weighted by Crippen LogP contribution is 2.14. The van der Waals surface area contributed by atoms with Gasteiger partial charge in [0.15, 0.2) is 0 Å². The summed E-state index contributed by atoms with van der Waals surface area (Å²) in [7, 11) is 0. The molecule has 1 amide bonds. The maximum atomic E-state index is 11.9. The zero-order chi connectivity index (χ0) is 14.4. The van der Waals surface area contributed by atoms with Gasteiger partial charge in [-0.05, 0) is 36.2 Å². The summed E-state index contributed by atoms with van der Waals surface area (Å²) < 4.78 is 5.17. The van der Waals surface area contributed by atoms with E-state index >= 15 is 0 Å². The summed E-state index contributed by atoms with van der Waals surface area (Å²) in [6.45, 7) is -0.194. The normalized spacial score (nSPS) is 12.1. The predicted octanol–water partition coefficient (Wildman–Crippen LogP) is 2.72. The number of benzene rings is 1. The number of amides is 1. The summed E-state index contributed by atoms with van der Waals surface area (Å²) in [5.74, 6) is 0.419. The van der Waals surface area contributed by atoms with E-state index in [1.54, 1.807) is 24.3 Å². The van der Waals surface area contributed by atoms with Crippen molar-refractivity contribution in [2.24, 2.45) is 0 Å². The van der Waals surface area contributed by atoms with Gasteiger partial charge in [-0.2, -0.15) is 0 Å². The molecular formula is C15H16ClNO3. The third-order valence-electron chi connectivity index (χ3n) is 2.96. The van der Waals surface area contributed by atoms with Crippen molar-refractivity contribution in [1.82, 2.24) is 5.32 Å². The number of carbonyl (C=O) groups is 1. The Balaban J connectivity index is 1.84. The Morgan fingerprint density at radius 3 is 2.65 bits per heavy atom. The van der Waals surface area contributed by atoms with Gasteiger partial charge < -0.3 is 14.8 Å². The number of aliphatic hydroxyl groups excluding tert-OH is 1. The fourth-order valence-corrected chi connectivity index (χ4v) is 2.00. The number of halogens is 1. The summed E-state index contributed by atoms with van der Waals surface area (Å²) >= 11 is 5.80. The van der Waals surface area contributed by atoms with Crippen molar-refractivity contribution in [1.29, 1.82) is 0 Å². The number of aryl methyl sites for hydroxylation is 1. The number of hydrogen-bond acceptors (Lipinski definition) is 3. The molecule has 1 aromatic carbocycles. The second-order valence-corrected chi connectivity index (χ2v) is 4.88. The van der Waals surface area contributed by atoms with Crippen LogP contribution in [-0.4, -0.2) is 17.6 Å². The molecule has 0 saturated carbocycles. The number of aliphatic hydroxyl groups is 1. The standard InChI is InChI=1S/C15H16ClNO3/c16-12-6-3-11(4-7-12)5-8-15(19)17-13(10-18)14-2-1-9-20-14/h1-4,6-7,9,13,18H,5,8,10H2,(H,17,19). The molecule has 0 aliphatic heterocycles. The minimum absolute atomic E-state index is 0.129. The fourth-order valence-electron chi connectivity index (χ4n) is 1.87. The Morgan fingerprint density at radius 1 is 1.30 bits per heavy atom. The highest BCUT2D eigenvalue weighted by Gasteiger charge is 2.15. The lowest BCUT2D eigenvalue weighted by molar-refractivity contribution is -0.122. The molecule has 0 saturated heterocycles. The number of furan rings is 1. The molecule has 0 spiro atoms. The molecule has 0 aliphatic rings. The molecule has 20 heavy (non-hydrogen) atoms. The van der Waals surface area contributed by atoms with Gasteiger partial charge in [0.25, 0.3) is 0 Å². The lowest BCUT2D eigenvalue weighted by Gasteiger charge is -2.13. The SMILES string of the molecule is O=C(CCc1ccc(Cl)cc1)NC(CO)c1ccco1. The van der Waals surface area contributed by atoms with Crippen LogP contribution >= 0.6 is 11.6 Å². The molecule has 1 atom stereocenters. The zero-order valence-corrected chi connectivity index (χ0v) is 11.6. The van der Waals surface area contributed by atoms with Gasteiger partial charge in [0.2, 0.25) is 5.91 Å². The van der Waals surface area contributed by atoms with Crippen LogP contribution in [0.5, 0.6) is 0 Å². The Morgan fingerprint density at radius 2 is 2.05 bits per heavy atom. The van der Waals surface area contributed by atoms with Crippen LogP contribution in [0.3, 0.4) is 0 Å². The number of carbonyl (C=O) groups excluding carboxylic acids is 1. The second kappa shape index (κ2) is 7.12. The van der Waals surface area contributed by atoms with E-state index in [0.717, 1.165) is 5.56 Å². The van der Waals surface area contributed by atoms with Gasteiger partial charge in [0.1, 0.15) is 11.8 Å². The smallest absolute Gasteiger partial charge is 0.220 e. The molecule has 0 radical (unpaired) electrons. The highest BCUT2D eigenvalue weighted by atomic mass is 35.5. The molecule has 2 aromatic rings. The minimum atomic E-state index is -0.497. The number of nitrogens with one attached hydrogen (secondary N) is 1. The van der Waals surface area contributed by atoms with E-state index in [9.17, 15) is 9.90 Å². The van der Waals surface area contributed by atoms with E-state index in [1.165, 1.54) is 6.26 Å².